The topological polar surface area (TPSA) is 137 Å². The molecule has 0 bridgehead atoms. The predicted octanol–water partition coefficient (Wildman–Crippen LogP) is 0.0870. The van der Waals surface area contributed by atoms with Crippen LogP contribution in [0.5, 0.6) is 0 Å². The van der Waals surface area contributed by atoms with Gasteiger partial charge in [0.1, 0.15) is 6.61 Å². The van der Waals surface area contributed by atoms with Gasteiger partial charge in [-0.05, 0) is 12.3 Å². The third-order valence-electron chi connectivity index (χ3n) is 4.70. The van der Waals surface area contributed by atoms with Gasteiger partial charge in [-0.1, -0.05) is 33.1 Å². The lowest BCUT2D eigenvalue weighted by molar-refractivity contribution is -0.154. The molecule has 0 amide bonds. The Morgan fingerprint density at radius 2 is 1.30 bits per heavy atom. The van der Waals surface area contributed by atoms with Crippen LogP contribution in [0.4, 0.5) is 0 Å². The summed E-state index contributed by atoms with van der Waals surface area (Å²) in [4.78, 5) is 11.9. The van der Waals surface area contributed by atoms with Crippen LogP contribution >= 0.6 is 0 Å². The number of carbonyl (C=O) groups excluding carboxylic acids is 1. The van der Waals surface area contributed by atoms with Crippen molar-refractivity contribution in [2.45, 2.75) is 46.0 Å². The second kappa shape index (κ2) is 14.3. The Kier molecular flexibility index (Phi) is 13.9. The molecule has 0 heterocycles. The van der Waals surface area contributed by atoms with E-state index in [0.29, 0.717) is 5.92 Å². The molecule has 162 valence electrons. The zero-order valence-corrected chi connectivity index (χ0v) is 16.7. The van der Waals surface area contributed by atoms with Gasteiger partial charge in [0.05, 0.1) is 57.1 Å². The highest BCUT2D eigenvalue weighted by atomic mass is 16.5. The van der Waals surface area contributed by atoms with Crippen molar-refractivity contribution in [2.24, 2.45) is 16.7 Å². The van der Waals surface area contributed by atoms with E-state index in [1.165, 1.54) is 0 Å². The fourth-order valence-electron chi connectivity index (χ4n) is 2.35. The van der Waals surface area contributed by atoms with Crippen molar-refractivity contribution in [3.63, 3.8) is 0 Å². The van der Waals surface area contributed by atoms with Crippen molar-refractivity contribution in [1.29, 1.82) is 0 Å². The average molecular weight is 395 g/mol. The maximum atomic E-state index is 11.9. The molecule has 0 atom stereocenters. The van der Waals surface area contributed by atoms with Crippen molar-refractivity contribution < 1.29 is 39.8 Å². The molecule has 8 heteroatoms. The van der Waals surface area contributed by atoms with Gasteiger partial charge < -0.3 is 35.0 Å². The summed E-state index contributed by atoms with van der Waals surface area (Å²) in [6.45, 7) is 1.45. The van der Waals surface area contributed by atoms with Crippen LogP contribution in [-0.2, 0) is 14.3 Å². The summed E-state index contributed by atoms with van der Waals surface area (Å²) >= 11 is 0. The van der Waals surface area contributed by atoms with E-state index >= 15 is 0 Å². The molecular formula is C19H38O8. The Hall–Kier alpha value is -0.770. The molecule has 0 radical (unpaired) electrons. The Morgan fingerprint density at radius 3 is 1.78 bits per heavy atom. The molecule has 8 nitrogen and oxygen atoms in total. The predicted molar refractivity (Wildman–Crippen MR) is 100.0 cm³/mol. The minimum Gasteiger partial charge on any atom is -0.465 e. The smallest absolute Gasteiger partial charge is 0.305 e. The van der Waals surface area contributed by atoms with E-state index in [1.807, 2.05) is 0 Å². The summed E-state index contributed by atoms with van der Waals surface area (Å²) < 4.78 is 10.6. The monoisotopic (exact) mass is 394 g/mol. The maximum Gasteiger partial charge on any atom is 0.305 e. The van der Waals surface area contributed by atoms with Gasteiger partial charge in [0, 0.05) is 6.42 Å². The molecule has 0 aliphatic carbocycles. The Labute approximate surface area is 162 Å². The molecule has 0 saturated heterocycles. The van der Waals surface area contributed by atoms with E-state index in [-0.39, 0.29) is 32.2 Å². The molecule has 0 saturated carbocycles. The minimum atomic E-state index is -1.21. The molecule has 0 aliphatic rings. The number of ether oxygens (including phenoxy) is 2. The Balaban J connectivity index is 4.34. The molecule has 5 N–H and O–H groups in total. The number of rotatable bonds is 17. The Bertz CT molecular complexity index is 370. The van der Waals surface area contributed by atoms with Gasteiger partial charge in [-0.15, -0.1) is 0 Å². The molecular weight excluding hydrogens is 356 g/mol. The summed E-state index contributed by atoms with van der Waals surface area (Å²) in [5.41, 5.74) is -2.39. The lowest BCUT2D eigenvalue weighted by Gasteiger charge is -2.32. The van der Waals surface area contributed by atoms with Crippen molar-refractivity contribution >= 4 is 5.97 Å². The van der Waals surface area contributed by atoms with Gasteiger partial charge in [0.25, 0.3) is 0 Å². The normalized spacial score (nSPS) is 12.6. The van der Waals surface area contributed by atoms with Crippen LogP contribution in [0, 0.1) is 16.7 Å². The van der Waals surface area contributed by atoms with Gasteiger partial charge in [-0.2, -0.15) is 0 Å². The van der Waals surface area contributed by atoms with E-state index in [1.54, 1.807) is 0 Å². The summed E-state index contributed by atoms with van der Waals surface area (Å²) in [5, 5.41) is 47.1. The zero-order valence-electron chi connectivity index (χ0n) is 16.7. The van der Waals surface area contributed by atoms with E-state index in [4.69, 9.17) is 9.47 Å². The van der Waals surface area contributed by atoms with Crippen LogP contribution in [0.15, 0.2) is 0 Å². The second-order valence-corrected chi connectivity index (χ2v) is 7.94. The Morgan fingerprint density at radius 1 is 0.778 bits per heavy atom. The summed E-state index contributed by atoms with van der Waals surface area (Å²) in [6.07, 6.45) is 4.17. The van der Waals surface area contributed by atoms with E-state index in [2.05, 4.69) is 13.8 Å². The van der Waals surface area contributed by atoms with Crippen LogP contribution in [0.25, 0.3) is 0 Å². The summed E-state index contributed by atoms with van der Waals surface area (Å²) in [7, 11) is 0. The van der Waals surface area contributed by atoms with Gasteiger partial charge in [0.2, 0.25) is 0 Å². The van der Waals surface area contributed by atoms with Crippen molar-refractivity contribution in [3.05, 3.63) is 0 Å². The molecule has 0 aliphatic heterocycles. The van der Waals surface area contributed by atoms with Gasteiger partial charge in [0.15, 0.2) is 0 Å². The molecule has 0 spiro atoms. The number of hydrogen-bond acceptors (Lipinski definition) is 8. The zero-order chi connectivity index (χ0) is 20.8. The molecule has 27 heavy (non-hydrogen) atoms. The van der Waals surface area contributed by atoms with Crippen molar-refractivity contribution in [1.82, 2.24) is 0 Å². The van der Waals surface area contributed by atoms with Crippen LogP contribution in [0.2, 0.25) is 0 Å². The van der Waals surface area contributed by atoms with Crippen LogP contribution in [0.3, 0.4) is 0 Å². The molecule has 0 unspecified atom stereocenters. The molecule has 0 aromatic carbocycles. The molecule has 0 rings (SSSR count). The van der Waals surface area contributed by atoms with Gasteiger partial charge >= 0.3 is 5.97 Å². The number of carbonyl (C=O) groups is 1. The largest absolute Gasteiger partial charge is 0.465 e. The first kappa shape index (κ1) is 26.2. The average Bonchev–Trinajstić information content (AvgIpc) is 2.68. The highest BCUT2D eigenvalue weighted by molar-refractivity contribution is 5.69. The SMILES string of the molecule is CC(C)CCCCCC(=O)OCC(CO)(CO)COCC(CO)(CO)CO. The number of unbranched alkanes of at least 4 members (excludes halogenated alkanes) is 2. The third-order valence-corrected chi connectivity index (χ3v) is 4.70. The van der Waals surface area contributed by atoms with E-state index < -0.39 is 43.9 Å². The fraction of sp³-hybridized carbons (Fsp3) is 0.947. The standard InChI is InChI=1S/C19H38O8/c1-16(2)6-4-3-5-7-17(25)27-15-19(11-23,12-24)14-26-13-18(8-20,9-21)10-22/h16,20-24H,3-15H2,1-2H3. The van der Waals surface area contributed by atoms with Gasteiger partial charge in [-0.25, -0.2) is 0 Å². The van der Waals surface area contributed by atoms with Crippen LogP contribution < -0.4 is 0 Å². The first-order valence-corrected chi connectivity index (χ1v) is 9.60. The number of aliphatic hydroxyl groups is 5. The highest BCUT2D eigenvalue weighted by Gasteiger charge is 2.34. The molecule has 0 fully saturated rings. The second-order valence-electron chi connectivity index (χ2n) is 7.94. The van der Waals surface area contributed by atoms with E-state index in [9.17, 15) is 30.3 Å². The summed E-state index contributed by atoms with van der Waals surface area (Å²) in [6, 6.07) is 0. The van der Waals surface area contributed by atoms with Crippen LogP contribution in [0.1, 0.15) is 46.0 Å². The van der Waals surface area contributed by atoms with Gasteiger partial charge in [-0.3, -0.25) is 4.79 Å². The minimum absolute atomic E-state index is 0.149. The van der Waals surface area contributed by atoms with Crippen molar-refractivity contribution in [2.75, 3.05) is 52.9 Å². The lowest BCUT2D eigenvalue weighted by atomic mass is 9.90. The third kappa shape index (κ3) is 10.4. The van der Waals surface area contributed by atoms with E-state index in [0.717, 1.165) is 25.7 Å². The number of esters is 1. The first-order chi connectivity index (χ1) is 12.8. The number of aliphatic hydroxyl groups excluding tert-OH is 5. The number of hydrogen-bond donors (Lipinski definition) is 5. The molecule has 0 aromatic rings. The fourth-order valence-corrected chi connectivity index (χ4v) is 2.35. The lowest BCUT2D eigenvalue weighted by Crippen LogP contribution is -2.44. The maximum absolute atomic E-state index is 11.9. The highest BCUT2D eigenvalue weighted by Crippen LogP contribution is 2.21. The first-order valence-electron chi connectivity index (χ1n) is 9.60. The van der Waals surface area contributed by atoms with Crippen LogP contribution in [-0.4, -0.2) is 84.4 Å². The molecule has 0 aromatic heterocycles. The summed E-state index contributed by atoms with van der Waals surface area (Å²) in [5.74, 6) is 0.258. The van der Waals surface area contributed by atoms with Crippen molar-refractivity contribution in [3.8, 4) is 0 Å². The quantitative estimate of drug-likeness (QED) is 0.173.